The zero-order valence-electron chi connectivity index (χ0n) is 16.2. The molecule has 0 N–H and O–H groups in total. The van der Waals surface area contributed by atoms with Crippen LogP contribution in [-0.4, -0.2) is 39.5 Å². The van der Waals surface area contributed by atoms with Crippen molar-refractivity contribution in [2.75, 3.05) is 13.1 Å². The quantitative estimate of drug-likeness (QED) is 0.633. The van der Waals surface area contributed by atoms with E-state index >= 15 is 0 Å². The molecule has 4 rings (SSSR count). The van der Waals surface area contributed by atoms with Crippen molar-refractivity contribution in [2.45, 2.75) is 12.8 Å². The van der Waals surface area contributed by atoms with E-state index in [-0.39, 0.29) is 17.6 Å². The summed E-state index contributed by atoms with van der Waals surface area (Å²) in [7, 11) is 1.72. The van der Waals surface area contributed by atoms with Gasteiger partial charge in [-0.15, -0.1) is 0 Å². The summed E-state index contributed by atoms with van der Waals surface area (Å²) >= 11 is 0. The molecule has 0 spiro atoms. The molecule has 2 heterocycles. The van der Waals surface area contributed by atoms with E-state index in [1.165, 1.54) is 10.7 Å². The second kappa shape index (κ2) is 7.99. The van der Waals surface area contributed by atoms with Crippen LogP contribution in [0.1, 0.15) is 33.7 Å². The van der Waals surface area contributed by atoms with Crippen molar-refractivity contribution in [3.63, 3.8) is 0 Å². The van der Waals surface area contributed by atoms with Gasteiger partial charge in [-0.25, -0.2) is 4.39 Å². The summed E-state index contributed by atoms with van der Waals surface area (Å²) in [5.74, 6) is -0.997. The first-order valence-corrected chi connectivity index (χ1v) is 9.71. The molecule has 1 saturated heterocycles. The molecule has 1 aromatic heterocycles. The lowest BCUT2D eigenvalue weighted by Gasteiger charge is -2.32. The Morgan fingerprint density at radius 2 is 1.90 bits per heavy atom. The summed E-state index contributed by atoms with van der Waals surface area (Å²) < 4.78 is 16.2. The smallest absolute Gasteiger partial charge is 0.272 e. The van der Waals surface area contributed by atoms with Crippen molar-refractivity contribution in [1.82, 2.24) is 14.7 Å². The van der Waals surface area contributed by atoms with E-state index in [2.05, 4.69) is 5.10 Å². The van der Waals surface area contributed by atoms with Crippen LogP contribution in [0.5, 0.6) is 0 Å². The molecule has 2 aromatic carbocycles. The lowest BCUT2D eigenvalue weighted by molar-refractivity contribution is 0.0628. The number of nitrogens with zero attached hydrogens (tertiary/aromatic N) is 3. The Morgan fingerprint density at radius 3 is 2.59 bits per heavy atom. The van der Waals surface area contributed by atoms with Gasteiger partial charge < -0.3 is 4.90 Å². The molecule has 0 bridgehead atoms. The van der Waals surface area contributed by atoms with Gasteiger partial charge in [-0.05, 0) is 30.5 Å². The minimum absolute atomic E-state index is 0.119. The van der Waals surface area contributed by atoms with E-state index in [4.69, 9.17) is 0 Å². The van der Waals surface area contributed by atoms with Crippen LogP contribution < -0.4 is 0 Å². The molecular weight excluding hydrogens is 369 g/mol. The van der Waals surface area contributed by atoms with E-state index in [9.17, 15) is 14.0 Å². The summed E-state index contributed by atoms with van der Waals surface area (Å²) in [5, 5.41) is 4.04. The second-order valence-electron chi connectivity index (χ2n) is 7.36. The third-order valence-corrected chi connectivity index (χ3v) is 5.46. The highest BCUT2D eigenvalue weighted by molar-refractivity contribution is 5.99. The molecule has 0 aliphatic carbocycles. The molecule has 1 unspecified atom stereocenters. The summed E-state index contributed by atoms with van der Waals surface area (Å²) in [6.45, 7) is 0.944. The highest BCUT2D eigenvalue weighted by Gasteiger charge is 2.30. The number of Topliss-reactive ketones (excluding diaryl/α,β-unsaturated/α-hetero) is 1. The topological polar surface area (TPSA) is 55.2 Å². The minimum Gasteiger partial charge on any atom is -0.337 e. The molecule has 0 radical (unpaired) electrons. The monoisotopic (exact) mass is 391 g/mol. The lowest BCUT2D eigenvalue weighted by Crippen LogP contribution is -2.43. The largest absolute Gasteiger partial charge is 0.337 e. The summed E-state index contributed by atoms with van der Waals surface area (Å²) in [4.78, 5) is 27.4. The first-order chi connectivity index (χ1) is 14.0. The van der Waals surface area contributed by atoms with E-state index in [0.29, 0.717) is 36.3 Å². The Balaban J connectivity index is 1.51. The molecule has 3 aromatic rings. The van der Waals surface area contributed by atoms with Gasteiger partial charge in [0.1, 0.15) is 11.5 Å². The predicted molar refractivity (Wildman–Crippen MR) is 108 cm³/mol. The number of rotatable bonds is 4. The first kappa shape index (κ1) is 19.1. The summed E-state index contributed by atoms with van der Waals surface area (Å²) in [6.07, 6.45) is 3.01. The number of hydrogen-bond donors (Lipinski definition) is 0. The molecule has 5 nitrogen and oxygen atoms in total. The highest BCUT2D eigenvalue weighted by Crippen LogP contribution is 2.27. The molecular formula is C23H22FN3O2. The fourth-order valence-electron chi connectivity index (χ4n) is 3.88. The average molecular weight is 391 g/mol. The van der Waals surface area contributed by atoms with Gasteiger partial charge in [-0.2, -0.15) is 5.10 Å². The molecule has 148 valence electrons. The van der Waals surface area contributed by atoms with Crippen LogP contribution in [0.4, 0.5) is 4.39 Å². The van der Waals surface area contributed by atoms with Crippen LogP contribution in [-0.2, 0) is 7.05 Å². The van der Waals surface area contributed by atoms with E-state index < -0.39 is 5.82 Å². The Bertz CT molecular complexity index is 1050. The van der Waals surface area contributed by atoms with Crippen LogP contribution in [0.2, 0.25) is 0 Å². The number of carbonyl (C=O) groups excluding carboxylic acids is 2. The fraction of sp³-hybridized carbons (Fsp3) is 0.261. The number of piperidine rings is 1. The minimum atomic E-state index is -0.416. The van der Waals surface area contributed by atoms with Gasteiger partial charge in [0.2, 0.25) is 0 Å². The number of hydrogen-bond acceptors (Lipinski definition) is 3. The van der Waals surface area contributed by atoms with Crippen molar-refractivity contribution in [3.05, 3.63) is 77.9 Å². The molecule has 0 saturated carbocycles. The molecule has 6 heteroatoms. The third-order valence-electron chi connectivity index (χ3n) is 5.46. The Morgan fingerprint density at radius 1 is 1.10 bits per heavy atom. The molecule has 1 fully saturated rings. The van der Waals surface area contributed by atoms with Gasteiger partial charge in [0.25, 0.3) is 5.91 Å². The summed E-state index contributed by atoms with van der Waals surface area (Å²) in [6, 6.07) is 15.6. The highest BCUT2D eigenvalue weighted by atomic mass is 19.1. The van der Waals surface area contributed by atoms with Gasteiger partial charge >= 0.3 is 0 Å². The molecule has 1 atom stereocenters. The second-order valence-corrected chi connectivity index (χ2v) is 7.36. The number of aromatic nitrogens is 2. The average Bonchev–Trinajstić information content (AvgIpc) is 3.19. The van der Waals surface area contributed by atoms with Gasteiger partial charge in [0, 0.05) is 43.4 Å². The third kappa shape index (κ3) is 3.83. The standard InChI is InChI=1S/C23H22FN3O2/c1-26-21(11-12-25-26)23(29)27-13-5-8-18(15-27)22(28)17-9-10-19(20(24)14-17)16-6-3-2-4-7-16/h2-4,6-7,9-12,14,18H,5,8,13,15H2,1H3. The molecule has 1 amide bonds. The van der Waals surface area contributed by atoms with Crippen molar-refractivity contribution < 1.29 is 14.0 Å². The number of halogens is 1. The number of carbonyl (C=O) groups is 2. The first-order valence-electron chi connectivity index (χ1n) is 9.71. The van der Waals surface area contributed by atoms with Crippen LogP contribution in [0.25, 0.3) is 11.1 Å². The number of amides is 1. The van der Waals surface area contributed by atoms with E-state index in [1.54, 1.807) is 36.3 Å². The van der Waals surface area contributed by atoms with Crippen molar-refractivity contribution in [1.29, 1.82) is 0 Å². The fourth-order valence-corrected chi connectivity index (χ4v) is 3.88. The van der Waals surface area contributed by atoms with E-state index in [0.717, 1.165) is 12.0 Å². The zero-order valence-corrected chi connectivity index (χ0v) is 16.2. The van der Waals surface area contributed by atoms with Crippen LogP contribution in [0.15, 0.2) is 60.8 Å². The molecule has 1 aliphatic heterocycles. The molecule has 29 heavy (non-hydrogen) atoms. The Labute approximate surface area is 168 Å². The normalized spacial score (nSPS) is 16.6. The number of likely N-dealkylation sites (tertiary alicyclic amines) is 1. The van der Waals surface area contributed by atoms with E-state index in [1.807, 2.05) is 30.3 Å². The maximum Gasteiger partial charge on any atom is 0.272 e. The Kier molecular flexibility index (Phi) is 5.25. The number of ketones is 1. The SMILES string of the molecule is Cn1nccc1C(=O)N1CCCC(C(=O)c2ccc(-c3ccccc3)c(F)c2)C1. The maximum atomic E-state index is 14.7. The lowest BCUT2D eigenvalue weighted by atomic mass is 9.89. The predicted octanol–water partition coefficient (Wildman–Crippen LogP) is 3.96. The van der Waals surface area contributed by atoms with Gasteiger partial charge in [-0.1, -0.05) is 42.5 Å². The number of benzene rings is 2. The Hall–Kier alpha value is -3.28. The van der Waals surface area contributed by atoms with Gasteiger partial charge in [0.15, 0.2) is 5.78 Å². The van der Waals surface area contributed by atoms with Crippen LogP contribution in [0.3, 0.4) is 0 Å². The van der Waals surface area contributed by atoms with Gasteiger partial charge in [-0.3, -0.25) is 14.3 Å². The maximum absolute atomic E-state index is 14.7. The number of aryl methyl sites for hydroxylation is 1. The van der Waals surface area contributed by atoms with Gasteiger partial charge in [0.05, 0.1) is 0 Å². The van der Waals surface area contributed by atoms with Crippen LogP contribution in [0, 0.1) is 11.7 Å². The van der Waals surface area contributed by atoms with Crippen molar-refractivity contribution in [3.8, 4) is 11.1 Å². The summed E-state index contributed by atoms with van der Waals surface area (Å²) in [5.41, 5.74) is 2.09. The molecule has 1 aliphatic rings. The zero-order chi connectivity index (χ0) is 20.4. The van der Waals surface area contributed by atoms with Crippen molar-refractivity contribution in [2.24, 2.45) is 13.0 Å². The van der Waals surface area contributed by atoms with Crippen molar-refractivity contribution >= 4 is 11.7 Å². The van der Waals surface area contributed by atoms with Crippen LogP contribution >= 0.6 is 0 Å².